The minimum Gasteiger partial charge on any atom is -0.490 e. The molecule has 0 aliphatic carbocycles. The third-order valence-corrected chi connectivity index (χ3v) is 4.52. The van der Waals surface area contributed by atoms with Gasteiger partial charge in [0, 0.05) is 6.07 Å². The molecule has 8 heteroatoms. The van der Waals surface area contributed by atoms with E-state index in [9.17, 15) is 14.7 Å². The molecule has 140 valence electrons. The molecule has 0 saturated heterocycles. The second-order valence-corrected chi connectivity index (χ2v) is 6.78. The summed E-state index contributed by atoms with van der Waals surface area (Å²) in [5.41, 5.74) is -0.463. The van der Waals surface area contributed by atoms with Gasteiger partial charge < -0.3 is 24.1 Å². The summed E-state index contributed by atoms with van der Waals surface area (Å²) < 4.78 is 17.3. The van der Waals surface area contributed by atoms with Crippen molar-refractivity contribution in [2.24, 2.45) is 0 Å². The number of carboxylic acids is 1. The molecule has 27 heavy (non-hydrogen) atoms. The highest BCUT2D eigenvalue weighted by atomic mass is 127. The largest absolute Gasteiger partial charge is 0.490 e. The summed E-state index contributed by atoms with van der Waals surface area (Å²) in [6, 6.07) is 12.9. The van der Waals surface area contributed by atoms with Gasteiger partial charge in [-0.3, -0.25) is 4.79 Å². The van der Waals surface area contributed by atoms with Gasteiger partial charge in [0.1, 0.15) is 25.1 Å². The number of para-hydroxylation sites is 2. The van der Waals surface area contributed by atoms with E-state index in [1.807, 2.05) is 18.2 Å². The SMILES string of the molecule is O=C(O)c1cc(=O)c2cccc(OCC(O)COc3ccccc3I)c2o1. The zero-order valence-electron chi connectivity index (χ0n) is 13.9. The Labute approximate surface area is 167 Å². The Hall–Kier alpha value is -2.59. The topological polar surface area (TPSA) is 106 Å². The summed E-state index contributed by atoms with van der Waals surface area (Å²) in [6.07, 6.45) is -0.939. The van der Waals surface area contributed by atoms with E-state index in [2.05, 4.69) is 22.6 Å². The Bertz CT molecular complexity index is 1030. The lowest BCUT2D eigenvalue weighted by molar-refractivity contribution is 0.0619. The van der Waals surface area contributed by atoms with E-state index in [4.69, 9.17) is 19.0 Å². The van der Waals surface area contributed by atoms with Crippen molar-refractivity contribution in [2.75, 3.05) is 13.2 Å². The maximum Gasteiger partial charge on any atom is 0.371 e. The van der Waals surface area contributed by atoms with Crippen LogP contribution < -0.4 is 14.9 Å². The molecular formula is C19H15IO7. The molecule has 2 aromatic carbocycles. The molecule has 1 atom stereocenters. The summed E-state index contributed by atoms with van der Waals surface area (Å²) in [5, 5.41) is 19.3. The molecule has 0 spiro atoms. The van der Waals surface area contributed by atoms with Crippen LogP contribution in [0.1, 0.15) is 10.6 Å². The minimum absolute atomic E-state index is 0.00903. The highest BCUT2D eigenvalue weighted by Crippen LogP contribution is 2.25. The maximum atomic E-state index is 12.0. The van der Waals surface area contributed by atoms with Gasteiger partial charge in [-0.15, -0.1) is 0 Å². The summed E-state index contributed by atoms with van der Waals surface area (Å²) in [5.74, 6) is -1.01. The Kier molecular flexibility index (Phi) is 5.97. The number of rotatable bonds is 7. The number of carboxylic acid groups (broad SMARTS) is 1. The fraction of sp³-hybridized carbons (Fsp3) is 0.158. The average molecular weight is 482 g/mol. The van der Waals surface area contributed by atoms with Gasteiger partial charge in [-0.05, 0) is 46.9 Å². The van der Waals surface area contributed by atoms with Crippen LogP contribution in [0.2, 0.25) is 0 Å². The molecule has 0 aliphatic rings. The second-order valence-electron chi connectivity index (χ2n) is 5.62. The van der Waals surface area contributed by atoms with Crippen molar-refractivity contribution in [3.8, 4) is 11.5 Å². The lowest BCUT2D eigenvalue weighted by Gasteiger charge is -2.15. The standard InChI is InChI=1S/C19H15IO7/c20-13-5-1-2-6-15(13)25-9-11(21)10-26-16-7-3-4-12-14(22)8-17(19(23)24)27-18(12)16/h1-8,11,21H,9-10H2,(H,23,24). The van der Waals surface area contributed by atoms with Crippen molar-refractivity contribution in [2.45, 2.75) is 6.10 Å². The maximum absolute atomic E-state index is 12.0. The first-order valence-electron chi connectivity index (χ1n) is 7.94. The average Bonchev–Trinajstić information content (AvgIpc) is 2.65. The fourth-order valence-corrected chi connectivity index (χ4v) is 2.90. The summed E-state index contributed by atoms with van der Waals surface area (Å²) in [4.78, 5) is 23.1. The first-order valence-corrected chi connectivity index (χ1v) is 9.02. The van der Waals surface area contributed by atoms with E-state index >= 15 is 0 Å². The molecule has 0 amide bonds. The molecule has 0 bridgehead atoms. The van der Waals surface area contributed by atoms with E-state index in [1.165, 1.54) is 12.1 Å². The van der Waals surface area contributed by atoms with Crippen molar-refractivity contribution in [1.82, 2.24) is 0 Å². The third kappa shape index (κ3) is 4.58. The number of benzene rings is 2. The molecule has 1 unspecified atom stereocenters. The molecule has 0 saturated carbocycles. The Balaban J connectivity index is 1.72. The van der Waals surface area contributed by atoms with Crippen molar-refractivity contribution in [3.63, 3.8) is 0 Å². The highest BCUT2D eigenvalue weighted by molar-refractivity contribution is 14.1. The molecule has 1 aromatic heterocycles. The van der Waals surface area contributed by atoms with Gasteiger partial charge in [0.2, 0.25) is 5.76 Å². The van der Waals surface area contributed by atoms with Crippen LogP contribution in [0, 0.1) is 3.57 Å². The van der Waals surface area contributed by atoms with Crippen LogP contribution in [0.5, 0.6) is 11.5 Å². The fourth-order valence-electron chi connectivity index (χ4n) is 2.35. The number of fused-ring (bicyclic) bond motifs is 1. The van der Waals surface area contributed by atoms with E-state index in [1.54, 1.807) is 12.1 Å². The number of hydrogen-bond acceptors (Lipinski definition) is 6. The summed E-state index contributed by atoms with van der Waals surface area (Å²) in [7, 11) is 0. The quantitative estimate of drug-likeness (QED) is 0.499. The molecule has 2 N–H and O–H groups in total. The van der Waals surface area contributed by atoms with Crippen LogP contribution in [0.3, 0.4) is 0 Å². The number of aromatic carboxylic acids is 1. The van der Waals surface area contributed by atoms with Crippen LogP contribution in [0.25, 0.3) is 11.0 Å². The van der Waals surface area contributed by atoms with Crippen LogP contribution in [0.4, 0.5) is 0 Å². The lowest BCUT2D eigenvalue weighted by atomic mass is 10.2. The molecule has 7 nitrogen and oxygen atoms in total. The van der Waals surface area contributed by atoms with Gasteiger partial charge in [-0.25, -0.2) is 4.79 Å². The molecule has 1 heterocycles. The number of ether oxygens (including phenoxy) is 2. The number of halogens is 1. The molecule has 0 aliphatic heterocycles. The summed E-state index contributed by atoms with van der Waals surface area (Å²) in [6.45, 7) is -0.112. The van der Waals surface area contributed by atoms with Crippen molar-refractivity contribution < 1.29 is 28.9 Å². The monoisotopic (exact) mass is 482 g/mol. The first kappa shape index (κ1) is 19.2. The van der Waals surface area contributed by atoms with E-state index < -0.39 is 23.3 Å². The number of hydrogen-bond donors (Lipinski definition) is 2. The Morgan fingerprint density at radius 2 is 1.74 bits per heavy atom. The third-order valence-electron chi connectivity index (χ3n) is 3.63. The summed E-state index contributed by atoms with van der Waals surface area (Å²) >= 11 is 2.13. The predicted molar refractivity (Wildman–Crippen MR) is 106 cm³/mol. The van der Waals surface area contributed by atoms with Gasteiger partial charge in [-0.2, -0.15) is 0 Å². The van der Waals surface area contributed by atoms with E-state index in [0.29, 0.717) is 5.75 Å². The van der Waals surface area contributed by atoms with Crippen LogP contribution in [-0.4, -0.2) is 35.5 Å². The molecule has 3 rings (SSSR count). The van der Waals surface area contributed by atoms with Crippen molar-refractivity contribution >= 4 is 39.5 Å². The van der Waals surface area contributed by atoms with Crippen molar-refractivity contribution in [3.05, 3.63) is 68.1 Å². The lowest BCUT2D eigenvalue weighted by Crippen LogP contribution is -2.25. The van der Waals surface area contributed by atoms with Gasteiger partial charge in [0.05, 0.1) is 8.96 Å². The normalized spacial score (nSPS) is 11.9. The zero-order chi connectivity index (χ0) is 19.4. The first-order chi connectivity index (χ1) is 13.0. The molecular weight excluding hydrogens is 467 g/mol. The van der Waals surface area contributed by atoms with Gasteiger partial charge in [-0.1, -0.05) is 18.2 Å². The number of aliphatic hydroxyl groups is 1. The van der Waals surface area contributed by atoms with Gasteiger partial charge in [0.15, 0.2) is 16.8 Å². The number of aliphatic hydroxyl groups excluding tert-OH is 1. The van der Waals surface area contributed by atoms with Crippen LogP contribution in [-0.2, 0) is 0 Å². The predicted octanol–water partition coefficient (Wildman–Crippen LogP) is 2.91. The molecule has 3 aromatic rings. The second kappa shape index (κ2) is 8.40. The smallest absolute Gasteiger partial charge is 0.371 e. The molecule has 0 fully saturated rings. The van der Waals surface area contributed by atoms with Gasteiger partial charge >= 0.3 is 5.97 Å². The van der Waals surface area contributed by atoms with Crippen LogP contribution in [0.15, 0.2) is 57.7 Å². The van der Waals surface area contributed by atoms with E-state index in [0.717, 1.165) is 9.64 Å². The zero-order valence-corrected chi connectivity index (χ0v) is 16.1. The van der Waals surface area contributed by atoms with Crippen molar-refractivity contribution in [1.29, 1.82) is 0 Å². The van der Waals surface area contributed by atoms with E-state index in [-0.39, 0.29) is 29.9 Å². The minimum atomic E-state index is -1.35. The Morgan fingerprint density at radius 1 is 1.07 bits per heavy atom. The molecule has 0 radical (unpaired) electrons. The highest BCUT2D eigenvalue weighted by Gasteiger charge is 2.15. The van der Waals surface area contributed by atoms with Gasteiger partial charge in [0.25, 0.3) is 0 Å². The van der Waals surface area contributed by atoms with Crippen LogP contribution >= 0.6 is 22.6 Å². The Morgan fingerprint density at radius 3 is 2.44 bits per heavy atom. The number of carbonyl (C=O) groups is 1.